The van der Waals surface area contributed by atoms with Crippen LogP contribution in [0.3, 0.4) is 0 Å². The molecule has 0 aromatic heterocycles. The van der Waals surface area contributed by atoms with Crippen LogP contribution >= 0.6 is 0 Å². The first-order valence-electron chi connectivity index (χ1n) is 7.28. The van der Waals surface area contributed by atoms with Gasteiger partial charge in [0.25, 0.3) is 10.1 Å². The average Bonchev–Trinajstić information content (AvgIpc) is 2.52. The van der Waals surface area contributed by atoms with E-state index in [-0.39, 0.29) is 6.42 Å². The van der Waals surface area contributed by atoms with Crippen LogP contribution in [-0.4, -0.2) is 20.8 Å². The summed E-state index contributed by atoms with van der Waals surface area (Å²) in [7, 11) is -3.58. The monoisotopic (exact) mass is 329 g/mol. The van der Waals surface area contributed by atoms with E-state index in [0.29, 0.717) is 0 Å². The third-order valence-corrected chi connectivity index (χ3v) is 4.33. The molecule has 0 fully saturated rings. The van der Waals surface area contributed by atoms with Gasteiger partial charge in [-0.15, -0.1) is 0 Å². The number of benzene rings is 2. The fourth-order valence-corrected chi connectivity index (χ4v) is 3.45. The van der Waals surface area contributed by atoms with E-state index in [1.54, 1.807) is 6.92 Å². The molecule has 0 N–H and O–H groups in total. The van der Waals surface area contributed by atoms with Crippen LogP contribution in [-0.2, 0) is 19.7 Å². The van der Waals surface area contributed by atoms with Crippen LogP contribution in [0.1, 0.15) is 24.5 Å². The van der Waals surface area contributed by atoms with Gasteiger partial charge in [0.1, 0.15) is 5.41 Å². The molecular weight excluding hydrogens is 310 g/mol. The minimum absolute atomic E-state index is 0.241. The van der Waals surface area contributed by atoms with Crippen molar-refractivity contribution in [3.8, 4) is 6.07 Å². The summed E-state index contributed by atoms with van der Waals surface area (Å²) >= 11 is 0. The first kappa shape index (κ1) is 17.2. The summed E-state index contributed by atoms with van der Waals surface area (Å²) in [5.74, 6) is 0. The van der Waals surface area contributed by atoms with Crippen molar-refractivity contribution in [3.63, 3.8) is 0 Å². The lowest BCUT2D eigenvalue weighted by Crippen LogP contribution is -2.32. The molecule has 1 atom stereocenters. The van der Waals surface area contributed by atoms with Crippen molar-refractivity contribution in [3.05, 3.63) is 71.8 Å². The number of nitriles is 1. The van der Waals surface area contributed by atoms with E-state index in [1.165, 1.54) is 0 Å². The van der Waals surface area contributed by atoms with E-state index >= 15 is 0 Å². The second-order valence-corrected chi connectivity index (χ2v) is 7.16. The van der Waals surface area contributed by atoms with Crippen molar-refractivity contribution < 1.29 is 12.6 Å². The van der Waals surface area contributed by atoms with Gasteiger partial charge in [-0.3, -0.25) is 4.18 Å². The van der Waals surface area contributed by atoms with Crippen molar-refractivity contribution in [2.45, 2.75) is 24.9 Å². The Labute approximate surface area is 137 Å². The second kappa shape index (κ2) is 6.95. The summed E-state index contributed by atoms with van der Waals surface area (Å²) in [6, 6.07) is 21.1. The highest BCUT2D eigenvalue weighted by Crippen LogP contribution is 2.37. The van der Waals surface area contributed by atoms with Gasteiger partial charge in [-0.05, 0) is 18.1 Å². The molecule has 2 aromatic carbocycles. The van der Waals surface area contributed by atoms with Gasteiger partial charge in [-0.1, -0.05) is 60.7 Å². The van der Waals surface area contributed by atoms with Crippen molar-refractivity contribution in [2.24, 2.45) is 0 Å². The molecule has 5 heteroatoms. The summed E-state index contributed by atoms with van der Waals surface area (Å²) in [4.78, 5) is 0. The summed E-state index contributed by atoms with van der Waals surface area (Å²) in [6.07, 6.45) is 0.637. The quantitative estimate of drug-likeness (QED) is 0.763. The predicted molar refractivity (Wildman–Crippen MR) is 89.3 cm³/mol. The minimum Gasteiger partial charge on any atom is -0.267 e. The molecule has 0 bridgehead atoms. The SMILES string of the molecule is C[C@@H](CC(C#N)(c1ccccc1)c1ccccc1)OS(C)(=O)=O. The summed E-state index contributed by atoms with van der Waals surface area (Å²) in [5, 5.41) is 9.98. The van der Waals surface area contributed by atoms with Crippen LogP contribution in [0.15, 0.2) is 60.7 Å². The molecule has 4 nitrogen and oxygen atoms in total. The molecule has 0 heterocycles. The molecule has 23 heavy (non-hydrogen) atoms. The standard InChI is InChI=1S/C18H19NO3S/c1-15(22-23(2,20)21)13-18(14-19,16-9-5-3-6-10-16)17-11-7-4-8-12-17/h3-12,15H,13H2,1-2H3/t15-/m0/s1. The van der Waals surface area contributed by atoms with Gasteiger partial charge in [-0.2, -0.15) is 13.7 Å². The van der Waals surface area contributed by atoms with Crippen LogP contribution in [0, 0.1) is 11.3 Å². The van der Waals surface area contributed by atoms with E-state index in [4.69, 9.17) is 4.18 Å². The van der Waals surface area contributed by atoms with Crippen LogP contribution in [0.2, 0.25) is 0 Å². The van der Waals surface area contributed by atoms with E-state index < -0.39 is 21.6 Å². The lowest BCUT2D eigenvalue weighted by Gasteiger charge is -2.30. The third kappa shape index (κ3) is 4.19. The zero-order valence-corrected chi connectivity index (χ0v) is 14.0. The predicted octanol–water partition coefficient (Wildman–Crippen LogP) is 3.25. The smallest absolute Gasteiger partial charge is 0.264 e. The first-order chi connectivity index (χ1) is 10.9. The van der Waals surface area contributed by atoms with Gasteiger partial charge in [0, 0.05) is 6.42 Å². The van der Waals surface area contributed by atoms with E-state index in [9.17, 15) is 13.7 Å². The number of hydrogen-bond acceptors (Lipinski definition) is 4. The molecule has 0 spiro atoms. The molecule has 2 rings (SSSR count). The zero-order chi connectivity index (χ0) is 16.9. The van der Waals surface area contributed by atoms with Gasteiger partial charge < -0.3 is 0 Å². The Kier molecular flexibility index (Phi) is 5.19. The third-order valence-electron chi connectivity index (χ3n) is 3.66. The van der Waals surface area contributed by atoms with E-state index in [0.717, 1.165) is 17.4 Å². The van der Waals surface area contributed by atoms with Gasteiger partial charge >= 0.3 is 0 Å². The molecule has 0 aliphatic carbocycles. The van der Waals surface area contributed by atoms with Crippen molar-refractivity contribution >= 4 is 10.1 Å². The number of hydrogen-bond donors (Lipinski definition) is 0. The van der Waals surface area contributed by atoms with Crippen LogP contribution in [0.5, 0.6) is 0 Å². The van der Waals surface area contributed by atoms with Crippen molar-refractivity contribution in [1.29, 1.82) is 5.26 Å². The molecule has 0 unspecified atom stereocenters. The fraction of sp³-hybridized carbons (Fsp3) is 0.278. The maximum absolute atomic E-state index is 11.4. The summed E-state index contributed by atoms with van der Waals surface area (Å²) in [6.45, 7) is 1.67. The highest BCUT2D eigenvalue weighted by atomic mass is 32.2. The average molecular weight is 329 g/mol. The number of rotatable bonds is 6. The molecule has 0 saturated heterocycles. The largest absolute Gasteiger partial charge is 0.267 e. The maximum atomic E-state index is 11.4. The Morgan fingerprint density at radius 1 is 1.04 bits per heavy atom. The normalized spacial score (nSPS) is 13.3. The Bertz CT molecular complexity index is 741. The summed E-state index contributed by atoms with van der Waals surface area (Å²) in [5.41, 5.74) is 0.669. The van der Waals surface area contributed by atoms with Crippen molar-refractivity contribution in [1.82, 2.24) is 0 Å². The van der Waals surface area contributed by atoms with Crippen LogP contribution < -0.4 is 0 Å². The Morgan fingerprint density at radius 3 is 1.83 bits per heavy atom. The highest BCUT2D eigenvalue weighted by Gasteiger charge is 2.37. The van der Waals surface area contributed by atoms with Crippen molar-refractivity contribution in [2.75, 3.05) is 6.26 Å². The second-order valence-electron chi connectivity index (χ2n) is 5.56. The van der Waals surface area contributed by atoms with Crippen LogP contribution in [0.25, 0.3) is 0 Å². The minimum atomic E-state index is -3.58. The van der Waals surface area contributed by atoms with Crippen LogP contribution in [0.4, 0.5) is 0 Å². The molecule has 0 aliphatic rings. The fourth-order valence-electron chi connectivity index (χ4n) is 2.79. The molecule has 2 aromatic rings. The highest BCUT2D eigenvalue weighted by molar-refractivity contribution is 7.86. The molecule has 0 aliphatic heterocycles. The Balaban J connectivity index is 2.50. The topological polar surface area (TPSA) is 67.2 Å². The van der Waals surface area contributed by atoms with E-state index in [2.05, 4.69) is 6.07 Å². The van der Waals surface area contributed by atoms with Gasteiger partial charge in [0.15, 0.2) is 0 Å². The van der Waals surface area contributed by atoms with Gasteiger partial charge in [-0.25, -0.2) is 0 Å². The maximum Gasteiger partial charge on any atom is 0.264 e. The Morgan fingerprint density at radius 2 is 1.48 bits per heavy atom. The molecule has 0 radical (unpaired) electrons. The molecule has 120 valence electrons. The first-order valence-corrected chi connectivity index (χ1v) is 9.09. The Hall–Kier alpha value is -2.16. The zero-order valence-electron chi connectivity index (χ0n) is 13.1. The van der Waals surface area contributed by atoms with E-state index in [1.807, 2.05) is 60.7 Å². The molecular formula is C18H19NO3S. The van der Waals surface area contributed by atoms with Gasteiger partial charge in [0.2, 0.25) is 0 Å². The lowest BCUT2D eigenvalue weighted by molar-refractivity contribution is 0.203. The molecule has 0 saturated carbocycles. The number of nitrogens with zero attached hydrogens (tertiary/aromatic N) is 1. The summed E-state index contributed by atoms with van der Waals surface area (Å²) < 4.78 is 27.8. The molecule has 0 amide bonds. The lowest BCUT2D eigenvalue weighted by atomic mass is 9.72. The van der Waals surface area contributed by atoms with Gasteiger partial charge in [0.05, 0.1) is 18.4 Å².